The number of hydrogen-bond acceptors (Lipinski definition) is 9. The number of piperazine rings is 1. The number of rotatable bonds is 5. The zero-order chi connectivity index (χ0) is 22.0. The minimum absolute atomic E-state index is 0.192. The lowest BCUT2D eigenvalue weighted by molar-refractivity contribution is 0.102. The fourth-order valence-electron chi connectivity index (χ4n) is 3.91. The topological polar surface area (TPSA) is 114 Å². The Morgan fingerprint density at radius 2 is 1.84 bits per heavy atom. The first kappa shape index (κ1) is 20.7. The van der Waals surface area contributed by atoms with Gasteiger partial charge in [0.05, 0.1) is 25.3 Å². The summed E-state index contributed by atoms with van der Waals surface area (Å²) < 4.78 is 10.4. The van der Waals surface area contributed by atoms with Crippen molar-refractivity contribution in [1.29, 1.82) is 0 Å². The highest BCUT2D eigenvalue weighted by Gasteiger charge is 2.25. The first-order chi connectivity index (χ1) is 15.0. The molecule has 2 atom stereocenters. The second-order valence-electron chi connectivity index (χ2n) is 7.49. The number of carbonyl (C=O) groups excluding carboxylic acids is 1. The number of methoxy groups -OCH3 is 2. The van der Waals surface area contributed by atoms with Crippen LogP contribution in [-0.4, -0.2) is 65.2 Å². The lowest BCUT2D eigenvalue weighted by atomic mass is 10.0. The molecule has 1 saturated heterocycles. The molecule has 3 aromatic rings. The maximum absolute atomic E-state index is 13.1. The van der Waals surface area contributed by atoms with Gasteiger partial charge in [0.2, 0.25) is 0 Å². The third-order valence-corrected chi connectivity index (χ3v) is 5.12. The van der Waals surface area contributed by atoms with E-state index in [0.29, 0.717) is 23.2 Å². The van der Waals surface area contributed by atoms with Gasteiger partial charge in [-0.05, 0) is 26.0 Å². The normalized spacial score (nSPS) is 18.6. The van der Waals surface area contributed by atoms with Crippen LogP contribution in [0.4, 0.5) is 11.5 Å². The third kappa shape index (κ3) is 4.19. The molecule has 1 amide bonds. The number of ether oxygens (including phenoxy) is 2. The van der Waals surface area contributed by atoms with Gasteiger partial charge in [0.25, 0.3) is 11.8 Å². The summed E-state index contributed by atoms with van der Waals surface area (Å²) in [6.45, 7) is 5.99. The molecule has 1 aromatic carbocycles. The molecule has 1 aliphatic heterocycles. The Hall–Kier alpha value is -3.53. The average Bonchev–Trinajstić information content (AvgIpc) is 2.77. The number of hydrogen-bond donors (Lipinski definition) is 2. The quantitative estimate of drug-likeness (QED) is 0.635. The Balaban J connectivity index is 1.76. The molecule has 162 valence electrons. The summed E-state index contributed by atoms with van der Waals surface area (Å²) in [7, 11) is 2.96. The van der Waals surface area contributed by atoms with Crippen molar-refractivity contribution in [3.8, 4) is 11.9 Å². The number of amides is 1. The number of anilines is 2. The van der Waals surface area contributed by atoms with Crippen LogP contribution in [-0.2, 0) is 0 Å². The molecular formula is C21H25N7O3. The van der Waals surface area contributed by atoms with Crippen molar-refractivity contribution in [2.24, 2.45) is 0 Å². The van der Waals surface area contributed by atoms with Gasteiger partial charge in [-0.3, -0.25) is 4.79 Å². The molecule has 0 saturated carbocycles. The minimum Gasteiger partial charge on any atom is -0.478 e. The number of nitrogens with zero attached hydrogens (tertiary/aromatic N) is 5. The zero-order valence-corrected chi connectivity index (χ0v) is 17.9. The van der Waals surface area contributed by atoms with E-state index in [0.717, 1.165) is 24.2 Å². The van der Waals surface area contributed by atoms with Gasteiger partial charge in [0, 0.05) is 54.8 Å². The maximum atomic E-state index is 13.1. The fourth-order valence-corrected chi connectivity index (χ4v) is 3.91. The van der Waals surface area contributed by atoms with E-state index < -0.39 is 0 Å². The Kier molecular flexibility index (Phi) is 5.81. The molecular weight excluding hydrogens is 398 g/mol. The first-order valence-corrected chi connectivity index (χ1v) is 10.0. The second-order valence-corrected chi connectivity index (χ2v) is 7.49. The molecule has 31 heavy (non-hydrogen) atoms. The van der Waals surface area contributed by atoms with E-state index in [4.69, 9.17) is 9.47 Å². The summed E-state index contributed by atoms with van der Waals surface area (Å²) in [5.41, 5.74) is 1.86. The standard InChI is InChI=1S/C21H25N7O3/c1-12-10-28(11-13(2)25-12)16-6-5-14(17-15(16)9-24-21(26-17)31-4)19(29)27-18-20(30-3)23-8-7-22-18/h5-9,12-13,25H,10-11H2,1-4H3,(H,22,27,29)/t12-,13-/m0/s1. The predicted molar refractivity (Wildman–Crippen MR) is 117 cm³/mol. The fraction of sp³-hybridized carbons (Fsp3) is 0.381. The lowest BCUT2D eigenvalue weighted by Gasteiger charge is -2.38. The molecule has 2 aromatic heterocycles. The van der Waals surface area contributed by atoms with Gasteiger partial charge in [-0.2, -0.15) is 4.98 Å². The summed E-state index contributed by atoms with van der Waals surface area (Å²) in [6, 6.07) is 4.57. The molecule has 10 nitrogen and oxygen atoms in total. The van der Waals surface area contributed by atoms with Gasteiger partial charge in [0.1, 0.15) is 0 Å². The van der Waals surface area contributed by atoms with Crippen molar-refractivity contribution in [3.05, 3.63) is 36.3 Å². The smallest absolute Gasteiger partial charge is 0.316 e. The summed E-state index contributed by atoms with van der Waals surface area (Å²) >= 11 is 0. The summed E-state index contributed by atoms with van der Waals surface area (Å²) in [5.74, 6) is 0.0870. The highest BCUT2D eigenvalue weighted by atomic mass is 16.5. The molecule has 3 heterocycles. The van der Waals surface area contributed by atoms with Crippen LogP contribution >= 0.6 is 0 Å². The zero-order valence-electron chi connectivity index (χ0n) is 17.9. The van der Waals surface area contributed by atoms with Crippen LogP contribution in [0.1, 0.15) is 24.2 Å². The van der Waals surface area contributed by atoms with E-state index in [2.05, 4.69) is 49.3 Å². The van der Waals surface area contributed by atoms with Gasteiger partial charge in [-0.1, -0.05) is 0 Å². The Labute approximate surface area is 180 Å². The van der Waals surface area contributed by atoms with E-state index in [9.17, 15) is 4.79 Å². The Morgan fingerprint density at radius 3 is 2.55 bits per heavy atom. The maximum Gasteiger partial charge on any atom is 0.316 e. The largest absolute Gasteiger partial charge is 0.478 e. The van der Waals surface area contributed by atoms with Crippen LogP contribution in [0.15, 0.2) is 30.7 Å². The molecule has 2 N–H and O–H groups in total. The van der Waals surface area contributed by atoms with Crippen molar-refractivity contribution < 1.29 is 14.3 Å². The van der Waals surface area contributed by atoms with E-state index in [1.807, 2.05) is 6.07 Å². The second kappa shape index (κ2) is 8.68. The molecule has 0 spiro atoms. The number of benzene rings is 1. The molecule has 0 radical (unpaired) electrons. The van der Waals surface area contributed by atoms with E-state index in [1.165, 1.54) is 26.6 Å². The van der Waals surface area contributed by atoms with Crippen LogP contribution in [0.2, 0.25) is 0 Å². The van der Waals surface area contributed by atoms with E-state index >= 15 is 0 Å². The molecule has 1 fully saturated rings. The van der Waals surface area contributed by atoms with Crippen molar-refractivity contribution in [2.75, 3.05) is 37.5 Å². The SMILES string of the molecule is COc1ncc2c(N3C[C@H](C)N[C@@H](C)C3)ccc(C(=O)Nc3nccnc3OC)c2n1. The summed E-state index contributed by atoms with van der Waals surface area (Å²) in [6.07, 6.45) is 4.68. The first-order valence-electron chi connectivity index (χ1n) is 10.0. The van der Waals surface area contributed by atoms with Crippen LogP contribution in [0.3, 0.4) is 0 Å². The van der Waals surface area contributed by atoms with Crippen LogP contribution in [0.5, 0.6) is 11.9 Å². The third-order valence-electron chi connectivity index (χ3n) is 5.12. The van der Waals surface area contributed by atoms with Crippen LogP contribution in [0.25, 0.3) is 10.9 Å². The number of fused-ring (bicyclic) bond motifs is 1. The van der Waals surface area contributed by atoms with Crippen molar-refractivity contribution >= 4 is 28.3 Å². The van der Waals surface area contributed by atoms with E-state index in [1.54, 1.807) is 12.3 Å². The van der Waals surface area contributed by atoms with Crippen molar-refractivity contribution in [3.63, 3.8) is 0 Å². The lowest BCUT2D eigenvalue weighted by Crippen LogP contribution is -2.54. The van der Waals surface area contributed by atoms with E-state index in [-0.39, 0.29) is 23.6 Å². The average molecular weight is 423 g/mol. The molecule has 0 unspecified atom stereocenters. The van der Waals surface area contributed by atoms with Gasteiger partial charge in [-0.25, -0.2) is 15.0 Å². The Bertz CT molecular complexity index is 1100. The van der Waals surface area contributed by atoms with Crippen LogP contribution in [0, 0.1) is 0 Å². The summed E-state index contributed by atoms with van der Waals surface area (Å²) in [4.78, 5) is 32.4. The molecule has 10 heteroatoms. The van der Waals surface area contributed by atoms with Gasteiger partial charge in [0.15, 0.2) is 5.82 Å². The highest BCUT2D eigenvalue weighted by Crippen LogP contribution is 2.31. The van der Waals surface area contributed by atoms with Gasteiger partial charge >= 0.3 is 6.01 Å². The van der Waals surface area contributed by atoms with Gasteiger partial charge < -0.3 is 25.0 Å². The number of aromatic nitrogens is 4. The monoisotopic (exact) mass is 423 g/mol. The van der Waals surface area contributed by atoms with Crippen molar-refractivity contribution in [2.45, 2.75) is 25.9 Å². The predicted octanol–water partition coefficient (Wildman–Crippen LogP) is 1.88. The molecule has 0 bridgehead atoms. The molecule has 1 aliphatic rings. The van der Waals surface area contributed by atoms with Crippen LogP contribution < -0.4 is 25.0 Å². The van der Waals surface area contributed by atoms with Gasteiger partial charge in [-0.15, -0.1) is 0 Å². The summed E-state index contributed by atoms with van der Waals surface area (Å²) in [5, 5.41) is 7.07. The minimum atomic E-state index is -0.377. The highest BCUT2D eigenvalue weighted by molar-refractivity contribution is 6.13. The molecule has 4 rings (SSSR count). The van der Waals surface area contributed by atoms with Crippen molar-refractivity contribution in [1.82, 2.24) is 25.3 Å². The number of nitrogens with one attached hydrogen (secondary N) is 2. The molecule has 0 aliphatic carbocycles. The number of carbonyl (C=O) groups is 1. The Morgan fingerprint density at radius 1 is 1.10 bits per heavy atom.